The van der Waals surface area contributed by atoms with E-state index in [9.17, 15) is 4.79 Å². The zero-order chi connectivity index (χ0) is 15.8. The average molecular weight is 315 g/mol. The van der Waals surface area contributed by atoms with Crippen LogP contribution in [0.5, 0.6) is 5.75 Å². The minimum absolute atomic E-state index is 0.225. The fraction of sp³-hybridized carbons (Fsp3) is 0.632. The molecule has 4 rings (SSSR count). The minimum Gasteiger partial charge on any atom is -0.493 e. The summed E-state index contributed by atoms with van der Waals surface area (Å²) in [5.41, 5.74) is 2.56. The third-order valence-corrected chi connectivity index (χ3v) is 5.75. The van der Waals surface area contributed by atoms with Crippen LogP contribution in [0.2, 0.25) is 0 Å². The zero-order valence-electron chi connectivity index (χ0n) is 13.8. The summed E-state index contributed by atoms with van der Waals surface area (Å²) in [4.78, 5) is 15.1. The number of carbonyl (C=O) groups is 1. The Labute approximate surface area is 137 Å². The van der Waals surface area contributed by atoms with Gasteiger partial charge >= 0.3 is 0 Å². The van der Waals surface area contributed by atoms with Gasteiger partial charge in [-0.1, -0.05) is 12.1 Å². The van der Waals surface area contributed by atoms with E-state index in [1.54, 1.807) is 0 Å². The zero-order valence-corrected chi connectivity index (χ0v) is 13.8. The highest BCUT2D eigenvalue weighted by molar-refractivity contribution is 5.81. The van der Waals surface area contributed by atoms with Gasteiger partial charge in [-0.05, 0) is 43.5 Å². The van der Waals surface area contributed by atoms with Gasteiger partial charge in [0.1, 0.15) is 11.5 Å². The molecule has 2 saturated heterocycles. The Balaban J connectivity index is 1.35. The van der Waals surface area contributed by atoms with Crippen molar-refractivity contribution in [2.24, 2.45) is 5.92 Å². The van der Waals surface area contributed by atoms with E-state index >= 15 is 0 Å². The number of piperidine rings is 1. The number of ketones is 1. The molecule has 2 atom stereocenters. The number of nitrogens with zero attached hydrogens (tertiary/aromatic N) is 1. The first-order valence-electron chi connectivity index (χ1n) is 8.77. The van der Waals surface area contributed by atoms with Gasteiger partial charge < -0.3 is 9.47 Å². The van der Waals surface area contributed by atoms with Crippen LogP contribution in [0.4, 0.5) is 0 Å². The number of hydrogen-bond acceptors (Lipinski definition) is 4. The van der Waals surface area contributed by atoms with Crippen LogP contribution in [0.1, 0.15) is 30.4 Å². The van der Waals surface area contributed by atoms with Gasteiger partial charge in [0.15, 0.2) is 0 Å². The maximum Gasteiger partial charge on any atom is 0.136 e. The number of Topliss-reactive ketones (excluding diaryl/α,β-unsaturated/α-hetero) is 1. The monoisotopic (exact) mass is 315 g/mol. The van der Waals surface area contributed by atoms with Crippen LogP contribution in [-0.2, 0) is 22.4 Å². The van der Waals surface area contributed by atoms with Crippen molar-refractivity contribution in [1.82, 2.24) is 4.90 Å². The molecule has 1 aromatic rings. The molecule has 2 fully saturated rings. The van der Waals surface area contributed by atoms with Gasteiger partial charge in [0.25, 0.3) is 0 Å². The summed E-state index contributed by atoms with van der Waals surface area (Å²) in [6, 6.07) is 7.23. The molecule has 3 aliphatic heterocycles. The summed E-state index contributed by atoms with van der Waals surface area (Å²) in [6.07, 6.45) is 4.43. The lowest BCUT2D eigenvalue weighted by atomic mass is 9.81. The molecule has 3 heterocycles. The van der Waals surface area contributed by atoms with E-state index in [0.29, 0.717) is 24.3 Å². The van der Waals surface area contributed by atoms with E-state index in [-0.39, 0.29) is 5.92 Å². The number of likely N-dealkylation sites (N-methyl/N-ethyl adjacent to an activating group) is 1. The normalized spacial score (nSPS) is 29.9. The number of hydrogen-bond donors (Lipinski definition) is 0. The van der Waals surface area contributed by atoms with Crippen LogP contribution >= 0.6 is 0 Å². The van der Waals surface area contributed by atoms with Crippen molar-refractivity contribution in [2.75, 3.05) is 26.9 Å². The maximum absolute atomic E-state index is 12.7. The lowest BCUT2D eigenvalue weighted by Crippen LogP contribution is -2.55. The third-order valence-electron chi connectivity index (χ3n) is 5.75. The fourth-order valence-corrected chi connectivity index (χ4v) is 4.23. The summed E-state index contributed by atoms with van der Waals surface area (Å²) in [5.74, 6) is 1.68. The van der Waals surface area contributed by atoms with Crippen LogP contribution < -0.4 is 4.74 Å². The second-order valence-electron chi connectivity index (χ2n) is 7.19. The predicted octanol–water partition coefficient (Wildman–Crippen LogP) is 2.23. The number of rotatable bonds is 4. The number of morpholine rings is 1. The van der Waals surface area contributed by atoms with Crippen LogP contribution in [0.25, 0.3) is 0 Å². The molecule has 0 N–H and O–H groups in total. The summed E-state index contributed by atoms with van der Waals surface area (Å²) in [5, 5.41) is 0. The maximum atomic E-state index is 12.7. The average Bonchev–Trinajstić information content (AvgIpc) is 3.00. The van der Waals surface area contributed by atoms with Crippen molar-refractivity contribution in [3.05, 3.63) is 29.3 Å². The van der Waals surface area contributed by atoms with Gasteiger partial charge in [-0.25, -0.2) is 0 Å². The molecule has 0 spiro atoms. The molecule has 23 heavy (non-hydrogen) atoms. The van der Waals surface area contributed by atoms with E-state index in [1.807, 2.05) is 0 Å². The van der Waals surface area contributed by atoms with Gasteiger partial charge in [0, 0.05) is 30.8 Å². The van der Waals surface area contributed by atoms with Crippen molar-refractivity contribution in [1.29, 1.82) is 0 Å². The quantitative estimate of drug-likeness (QED) is 0.854. The number of aryl methyl sites for hydroxylation is 1. The molecule has 0 amide bonds. The summed E-state index contributed by atoms with van der Waals surface area (Å²) >= 11 is 0. The Morgan fingerprint density at radius 3 is 2.83 bits per heavy atom. The standard InChI is InChI=1S/C19H25NO3/c1-20-16-9-15(10-17(20)12-22-11-16)18(21)4-2-13-3-5-19-14(8-13)6-7-23-19/h3,5,8,15-17H,2,4,6-7,9-12H2,1H3. The number of benzene rings is 1. The Morgan fingerprint density at radius 1 is 1.26 bits per heavy atom. The Bertz CT molecular complexity index is 586. The summed E-state index contributed by atoms with van der Waals surface area (Å²) in [6.45, 7) is 2.35. The SMILES string of the molecule is CN1C2COCC1CC(C(=O)CCc1ccc3c(c1)CCO3)C2. The van der Waals surface area contributed by atoms with E-state index in [1.165, 1.54) is 11.1 Å². The Hall–Kier alpha value is -1.39. The molecular formula is C19H25NO3. The van der Waals surface area contributed by atoms with Gasteiger partial charge in [-0.15, -0.1) is 0 Å². The van der Waals surface area contributed by atoms with E-state index in [4.69, 9.17) is 9.47 Å². The molecule has 0 radical (unpaired) electrons. The van der Waals surface area contributed by atoms with Gasteiger partial charge in [0.2, 0.25) is 0 Å². The first kappa shape index (κ1) is 15.2. The van der Waals surface area contributed by atoms with Crippen molar-refractivity contribution < 1.29 is 14.3 Å². The molecule has 3 aliphatic rings. The molecule has 0 saturated carbocycles. The number of fused-ring (bicyclic) bond motifs is 3. The molecular weight excluding hydrogens is 290 g/mol. The van der Waals surface area contributed by atoms with Crippen LogP contribution in [0.3, 0.4) is 0 Å². The second-order valence-corrected chi connectivity index (χ2v) is 7.19. The van der Waals surface area contributed by atoms with E-state index < -0.39 is 0 Å². The van der Waals surface area contributed by atoms with Crippen molar-refractivity contribution in [2.45, 2.75) is 44.2 Å². The van der Waals surface area contributed by atoms with E-state index in [0.717, 1.165) is 51.3 Å². The minimum atomic E-state index is 0.225. The fourth-order valence-electron chi connectivity index (χ4n) is 4.23. The smallest absolute Gasteiger partial charge is 0.136 e. The lowest BCUT2D eigenvalue weighted by Gasteiger charge is -2.46. The van der Waals surface area contributed by atoms with Gasteiger partial charge in [-0.2, -0.15) is 0 Å². The van der Waals surface area contributed by atoms with Gasteiger partial charge in [0.05, 0.1) is 19.8 Å². The molecule has 1 aromatic carbocycles. The number of ether oxygens (including phenoxy) is 2. The van der Waals surface area contributed by atoms with Crippen molar-refractivity contribution >= 4 is 5.78 Å². The predicted molar refractivity (Wildman–Crippen MR) is 87.9 cm³/mol. The van der Waals surface area contributed by atoms with E-state index in [2.05, 4.69) is 30.1 Å². The molecule has 0 aromatic heterocycles. The van der Waals surface area contributed by atoms with Crippen LogP contribution in [0.15, 0.2) is 18.2 Å². The first-order valence-corrected chi connectivity index (χ1v) is 8.77. The van der Waals surface area contributed by atoms with Crippen LogP contribution in [-0.4, -0.2) is 49.6 Å². The molecule has 124 valence electrons. The van der Waals surface area contributed by atoms with Gasteiger partial charge in [-0.3, -0.25) is 9.69 Å². The highest BCUT2D eigenvalue weighted by Gasteiger charge is 2.38. The molecule has 0 aliphatic carbocycles. The molecule has 4 heteroatoms. The molecule has 4 nitrogen and oxygen atoms in total. The highest BCUT2D eigenvalue weighted by atomic mass is 16.5. The molecule has 2 unspecified atom stereocenters. The molecule has 2 bridgehead atoms. The second kappa shape index (κ2) is 6.25. The summed E-state index contributed by atoms with van der Waals surface area (Å²) < 4.78 is 11.2. The Morgan fingerprint density at radius 2 is 2.04 bits per heavy atom. The van der Waals surface area contributed by atoms with Crippen molar-refractivity contribution in [3.8, 4) is 5.75 Å². The lowest BCUT2D eigenvalue weighted by molar-refractivity contribution is -0.131. The van der Waals surface area contributed by atoms with Crippen LogP contribution in [0, 0.1) is 5.92 Å². The highest BCUT2D eigenvalue weighted by Crippen LogP contribution is 2.32. The largest absolute Gasteiger partial charge is 0.493 e. The van der Waals surface area contributed by atoms with Crippen molar-refractivity contribution in [3.63, 3.8) is 0 Å². The third kappa shape index (κ3) is 3.02. The Kier molecular flexibility index (Phi) is 4.12. The first-order chi connectivity index (χ1) is 11.2. The summed E-state index contributed by atoms with van der Waals surface area (Å²) in [7, 11) is 2.17. The topological polar surface area (TPSA) is 38.8 Å². The number of carbonyl (C=O) groups excluding carboxylic acids is 1.